The van der Waals surface area contributed by atoms with Crippen LogP contribution in [0, 0.1) is 0 Å². The van der Waals surface area contributed by atoms with E-state index in [1.165, 1.54) is 45.6 Å². The molecule has 1 aliphatic heterocycles. The molecule has 0 spiro atoms. The van der Waals surface area contributed by atoms with Gasteiger partial charge in [0.05, 0.1) is 0 Å². The Morgan fingerprint density at radius 1 is 0.824 bits per heavy atom. The van der Waals surface area contributed by atoms with Crippen LogP contribution in [0.5, 0.6) is 0 Å². The van der Waals surface area contributed by atoms with Crippen LogP contribution in [-0.4, -0.2) is 67.3 Å². The van der Waals surface area contributed by atoms with Crippen molar-refractivity contribution in [3.8, 4) is 0 Å². The molecule has 0 unspecified atom stereocenters. The minimum Gasteiger partial charge on any atom is -0.396 e. The Hall–Kier alpha value is -0.160. The highest BCUT2D eigenvalue weighted by atomic mass is 16.2. The second-order valence-corrected chi connectivity index (χ2v) is 4.96. The first kappa shape index (κ1) is 14.9. The molecule has 0 atom stereocenters. The summed E-state index contributed by atoms with van der Waals surface area (Å²) in [7, 11) is 0. The number of rotatable bonds is 8. The Bertz CT molecular complexity index is 178. The van der Waals surface area contributed by atoms with Gasteiger partial charge < -0.3 is 20.6 Å². The van der Waals surface area contributed by atoms with Crippen LogP contribution in [0.3, 0.4) is 0 Å². The number of nitrogens with two attached hydrogens (primary N) is 1. The van der Waals surface area contributed by atoms with Crippen molar-refractivity contribution in [2.75, 3.05) is 52.4 Å². The standard InChI is InChI=1S/C13H29N3O/c14-6-4-8-16-10-5-9-15(11-12-16)7-2-1-3-13-17/h17H,1-14H2. The van der Waals surface area contributed by atoms with Crippen molar-refractivity contribution in [3.05, 3.63) is 0 Å². The van der Waals surface area contributed by atoms with Crippen molar-refractivity contribution in [3.63, 3.8) is 0 Å². The quantitative estimate of drug-likeness (QED) is 0.610. The third-order valence-electron chi connectivity index (χ3n) is 3.49. The summed E-state index contributed by atoms with van der Waals surface area (Å²) in [6, 6.07) is 0. The van der Waals surface area contributed by atoms with Crippen LogP contribution in [0.15, 0.2) is 0 Å². The smallest absolute Gasteiger partial charge is 0.0431 e. The van der Waals surface area contributed by atoms with Crippen LogP contribution in [-0.2, 0) is 0 Å². The first-order valence-electron chi connectivity index (χ1n) is 7.12. The molecule has 0 aliphatic carbocycles. The molecule has 0 radical (unpaired) electrons. The third-order valence-corrected chi connectivity index (χ3v) is 3.49. The highest BCUT2D eigenvalue weighted by Crippen LogP contribution is 2.05. The van der Waals surface area contributed by atoms with E-state index in [9.17, 15) is 0 Å². The summed E-state index contributed by atoms with van der Waals surface area (Å²) in [5.41, 5.74) is 5.55. The molecule has 0 aromatic heterocycles. The summed E-state index contributed by atoms with van der Waals surface area (Å²) >= 11 is 0. The molecule has 1 fully saturated rings. The second-order valence-electron chi connectivity index (χ2n) is 4.96. The molecular formula is C13H29N3O. The van der Waals surface area contributed by atoms with Crippen molar-refractivity contribution >= 4 is 0 Å². The minimum absolute atomic E-state index is 0.340. The normalized spacial score (nSPS) is 19.4. The molecule has 17 heavy (non-hydrogen) atoms. The van der Waals surface area contributed by atoms with E-state index in [1.54, 1.807) is 0 Å². The zero-order valence-electron chi connectivity index (χ0n) is 11.1. The van der Waals surface area contributed by atoms with Crippen molar-refractivity contribution in [1.29, 1.82) is 0 Å². The number of nitrogens with zero attached hydrogens (tertiary/aromatic N) is 2. The topological polar surface area (TPSA) is 52.7 Å². The third kappa shape index (κ3) is 6.99. The van der Waals surface area contributed by atoms with Gasteiger partial charge in [0.2, 0.25) is 0 Å². The van der Waals surface area contributed by atoms with Gasteiger partial charge in [0.25, 0.3) is 0 Å². The van der Waals surface area contributed by atoms with E-state index in [4.69, 9.17) is 10.8 Å². The summed E-state index contributed by atoms with van der Waals surface area (Å²) in [4.78, 5) is 5.11. The van der Waals surface area contributed by atoms with Gasteiger partial charge in [0.15, 0.2) is 0 Å². The van der Waals surface area contributed by atoms with Crippen LogP contribution >= 0.6 is 0 Å². The molecular weight excluding hydrogens is 214 g/mol. The number of hydrogen-bond donors (Lipinski definition) is 2. The Labute approximate surface area is 106 Å². The van der Waals surface area contributed by atoms with Crippen molar-refractivity contribution in [2.45, 2.75) is 32.1 Å². The van der Waals surface area contributed by atoms with Crippen LogP contribution < -0.4 is 5.73 Å². The fourth-order valence-corrected chi connectivity index (χ4v) is 2.41. The number of unbranched alkanes of at least 4 members (excludes halogenated alkanes) is 2. The maximum absolute atomic E-state index is 8.73. The van der Waals surface area contributed by atoms with Crippen molar-refractivity contribution in [2.24, 2.45) is 5.73 Å². The SMILES string of the molecule is NCCCN1CCCN(CCCCCO)CC1. The average Bonchev–Trinajstić information content (AvgIpc) is 2.57. The molecule has 0 amide bonds. The molecule has 3 N–H and O–H groups in total. The molecule has 1 saturated heterocycles. The lowest BCUT2D eigenvalue weighted by molar-refractivity contribution is 0.245. The van der Waals surface area contributed by atoms with E-state index in [0.717, 1.165) is 32.4 Å². The fourth-order valence-electron chi connectivity index (χ4n) is 2.41. The fraction of sp³-hybridized carbons (Fsp3) is 1.00. The van der Waals surface area contributed by atoms with E-state index in [2.05, 4.69) is 9.80 Å². The van der Waals surface area contributed by atoms with Gasteiger partial charge in [0, 0.05) is 19.7 Å². The Morgan fingerprint density at radius 3 is 2.06 bits per heavy atom. The molecule has 0 aromatic rings. The molecule has 1 heterocycles. The van der Waals surface area contributed by atoms with Crippen LogP contribution in [0.4, 0.5) is 0 Å². The van der Waals surface area contributed by atoms with E-state index < -0.39 is 0 Å². The summed E-state index contributed by atoms with van der Waals surface area (Å²) in [6.07, 6.45) is 5.74. The van der Waals surface area contributed by atoms with E-state index >= 15 is 0 Å². The first-order valence-corrected chi connectivity index (χ1v) is 7.12. The average molecular weight is 243 g/mol. The van der Waals surface area contributed by atoms with Gasteiger partial charge in [-0.1, -0.05) is 0 Å². The zero-order chi connectivity index (χ0) is 12.3. The van der Waals surface area contributed by atoms with Gasteiger partial charge in [-0.05, 0) is 64.8 Å². The Kier molecular flexibility index (Phi) is 8.61. The number of aliphatic hydroxyl groups excluding tert-OH is 1. The number of hydrogen-bond acceptors (Lipinski definition) is 4. The zero-order valence-corrected chi connectivity index (χ0v) is 11.1. The summed E-state index contributed by atoms with van der Waals surface area (Å²) in [5, 5.41) is 8.73. The van der Waals surface area contributed by atoms with Crippen LogP contribution in [0.2, 0.25) is 0 Å². The summed E-state index contributed by atoms with van der Waals surface area (Å²) < 4.78 is 0. The Balaban J connectivity index is 2.09. The van der Waals surface area contributed by atoms with Gasteiger partial charge >= 0.3 is 0 Å². The lowest BCUT2D eigenvalue weighted by atomic mass is 10.2. The molecule has 102 valence electrons. The molecule has 4 heteroatoms. The lowest BCUT2D eigenvalue weighted by Gasteiger charge is -2.21. The van der Waals surface area contributed by atoms with Crippen LogP contribution in [0.25, 0.3) is 0 Å². The Morgan fingerprint density at radius 2 is 1.47 bits per heavy atom. The maximum Gasteiger partial charge on any atom is 0.0431 e. The van der Waals surface area contributed by atoms with E-state index in [-0.39, 0.29) is 0 Å². The van der Waals surface area contributed by atoms with E-state index in [0.29, 0.717) is 6.61 Å². The molecule has 0 bridgehead atoms. The largest absolute Gasteiger partial charge is 0.396 e. The first-order chi connectivity index (χ1) is 8.36. The lowest BCUT2D eigenvalue weighted by Crippen LogP contribution is -2.32. The highest BCUT2D eigenvalue weighted by molar-refractivity contribution is 4.69. The maximum atomic E-state index is 8.73. The molecule has 1 aliphatic rings. The monoisotopic (exact) mass is 243 g/mol. The molecule has 0 aromatic carbocycles. The van der Waals surface area contributed by atoms with Gasteiger partial charge in [-0.15, -0.1) is 0 Å². The van der Waals surface area contributed by atoms with Gasteiger partial charge in [-0.25, -0.2) is 0 Å². The van der Waals surface area contributed by atoms with Crippen LogP contribution in [0.1, 0.15) is 32.1 Å². The predicted octanol–water partition coefficient (Wildman–Crippen LogP) is 0.506. The molecule has 1 rings (SSSR count). The van der Waals surface area contributed by atoms with Gasteiger partial charge in [-0.3, -0.25) is 0 Å². The molecule has 0 saturated carbocycles. The summed E-state index contributed by atoms with van der Waals surface area (Å²) in [6.45, 7) is 8.36. The highest BCUT2D eigenvalue weighted by Gasteiger charge is 2.13. The second kappa shape index (κ2) is 9.83. The van der Waals surface area contributed by atoms with Gasteiger partial charge in [0.1, 0.15) is 0 Å². The summed E-state index contributed by atoms with van der Waals surface area (Å²) in [5.74, 6) is 0. The van der Waals surface area contributed by atoms with Crippen molar-refractivity contribution in [1.82, 2.24) is 9.80 Å². The minimum atomic E-state index is 0.340. The predicted molar refractivity (Wildman–Crippen MR) is 72.1 cm³/mol. The van der Waals surface area contributed by atoms with E-state index in [1.807, 2.05) is 0 Å². The van der Waals surface area contributed by atoms with Gasteiger partial charge in [-0.2, -0.15) is 0 Å². The van der Waals surface area contributed by atoms with Crippen molar-refractivity contribution < 1.29 is 5.11 Å². The molecule has 4 nitrogen and oxygen atoms in total. The number of aliphatic hydroxyl groups is 1.